The summed E-state index contributed by atoms with van der Waals surface area (Å²) in [4.78, 5) is 12.3. The molecular formula is C18H30N6. The maximum absolute atomic E-state index is 4.95. The second kappa shape index (κ2) is 7.66. The van der Waals surface area contributed by atoms with Crippen LogP contribution < -0.4 is 20.9 Å². The van der Waals surface area contributed by atoms with Crippen LogP contribution in [0.2, 0.25) is 0 Å². The van der Waals surface area contributed by atoms with Gasteiger partial charge in [-0.2, -0.15) is 4.98 Å². The molecule has 1 aromatic rings. The molecule has 1 atom stereocenters. The molecule has 3 N–H and O–H groups in total. The van der Waals surface area contributed by atoms with E-state index in [-0.39, 0.29) is 0 Å². The highest BCUT2D eigenvalue weighted by Crippen LogP contribution is 2.27. The van der Waals surface area contributed by atoms with Gasteiger partial charge >= 0.3 is 0 Å². The van der Waals surface area contributed by atoms with E-state index in [0.29, 0.717) is 6.04 Å². The van der Waals surface area contributed by atoms with Gasteiger partial charge in [-0.25, -0.2) is 4.98 Å². The molecule has 3 aliphatic heterocycles. The largest absolute Gasteiger partial charge is 0.356 e. The molecular weight excluding hydrogens is 300 g/mol. The molecule has 4 heterocycles. The number of fused-ring (bicyclic) bond motifs is 1. The highest BCUT2D eigenvalue weighted by Gasteiger charge is 2.23. The van der Waals surface area contributed by atoms with Crippen LogP contribution in [0.15, 0.2) is 0 Å². The van der Waals surface area contributed by atoms with Crippen LogP contribution >= 0.6 is 0 Å². The molecule has 2 saturated heterocycles. The molecule has 3 aliphatic rings. The predicted octanol–water partition coefficient (Wildman–Crippen LogP) is 1.67. The van der Waals surface area contributed by atoms with E-state index in [4.69, 9.17) is 9.97 Å². The van der Waals surface area contributed by atoms with Crippen LogP contribution in [-0.4, -0.2) is 48.7 Å². The molecule has 0 bridgehead atoms. The number of nitrogens with zero attached hydrogens (tertiary/aromatic N) is 3. The average Bonchev–Trinajstić information content (AvgIpc) is 3.00. The van der Waals surface area contributed by atoms with Crippen molar-refractivity contribution < 1.29 is 0 Å². The molecule has 6 heteroatoms. The van der Waals surface area contributed by atoms with Crippen LogP contribution in [0.25, 0.3) is 0 Å². The van der Waals surface area contributed by atoms with E-state index in [9.17, 15) is 0 Å². The Morgan fingerprint density at radius 3 is 2.71 bits per heavy atom. The van der Waals surface area contributed by atoms with E-state index in [0.717, 1.165) is 51.6 Å². The van der Waals surface area contributed by atoms with Crippen LogP contribution in [0.3, 0.4) is 0 Å². The third kappa shape index (κ3) is 3.64. The van der Waals surface area contributed by atoms with Gasteiger partial charge in [0.05, 0.1) is 5.69 Å². The van der Waals surface area contributed by atoms with Gasteiger partial charge in [0.1, 0.15) is 5.82 Å². The second-order valence-corrected chi connectivity index (χ2v) is 7.30. The van der Waals surface area contributed by atoms with E-state index in [1.807, 2.05) is 0 Å². The zero-order chi connectivity index (χ0) is 16.2. The minimum atomic E-state index is 0.563. The molecule has 4 rings (SSSR count). The molecule has 6 nitrogen and oxygen atoms in total. The number of aromatic nitrogens is 2. The number of anilines is 2. The van der Waals surface area contributed by atoms with E-state index >= 15 is 0 Å². The summed E-state index contributed by atoms with van der Waals surface area (Å²) in [5.41, 5.74) is 2.57. The van der Waals surface area contributed by atoms with Gasteiger partial charge in [-0.3, -0.25) is 0 Å². The van der Waals surface area contributed by atoms with Crippen molar-refractivity contribution in [2.75, 3.05) is 42.9 Å². The first-order valence-corrected chi connectivity index (χ1v) is 9.73. The highest BCUT2D eigenvalue weighted by atomic mass is 15.2. The smallest absolute Gasteiger partial charge is 0.224 e. The fourth-order valence-corrected chi connectivity index (χ4v) is 4.09. The van der Waals surface area contributed by atoms with Crippen molar-refractivity contribution in [1.82, 2.24) is 20.6 Å². The third-order valence-corrected chi connectivity index (χ3v) is 5.49. The van der Waals surface area contributed by atoms with Gasteiger partial charge in [-0.05, 0) is 32.2 Å². The first kappa shape index (κ1) is 16.1. The fraction of sp³-hybridized carbons (Fsp3) is 0.778. The lowest BCUT2D eigenvalue weighted by molar-refractivity contribution is 0.614. The molecule has 0 amide bonds. The Bertz CT molecular complexity index is 547. The summed E-state index contributed by atoms with van der Waals surface area (Å²) >= 11 is 0. The summed E-state index contributed by atoms with van der Waals surface area (Å²) in [6, 6.07) is 0.563. The van der Waals surface area contributed by atoms with Crippen molar-refractivity contribution in [2.24, 2.45) is 0 Å². The van der Waals surface area contributed by atoms with Crippen LogP contribution in [0.1, 0.15) is 49.8 Å². The Kier molecular flexibility index (Phi) is 5.13. The van der Waals surface area contributed by atoms with Gasteiger partial charge in [0, 0.05) is 50.7 Å². The first-order valence-electron chi connectivity index (χ1n) is 9.73. The predicted molar refractivity (Wildman–Crippen MR) is 97.6 cm³/mol. The third-order valence-electron chi connectivity index (χ3n) is 5.49. The SMILES string of the molecule is C1CCCN(c2nc(NCC3CCCN3)nc3c2CNCC3)CC1. The van der Waals surface area contributed by atoms with Crippen LogP contribution in [0.5, 0.6) is 0 Å². The van der Waals surface area contributed by atoms with Crippen LogP contribution in [0.4, 0.5) is 11.8 Å². The Morgan fingerprint density at radius 2 is 1.92 bits per heavy atom. The van der Waals surface area contributed by atoms with E-state index in [1.165, 1.54) is 55.6 Å². The van der Waals surface area contributed by atoms with Gasteiger partial charge < -0.3 is 20.9 Å². The van der Waals surface area contributed by atoms with Crippen molar-refractivity contribution in [3.8, 4) is 0 Å². The van der Waals surface area contributed by atoms with Crippen molar-refractivity contribution in [2.45, 2.75) is 57.5 Å². The summed E-state index contributed by atoms with van der Waals surface area (Å²) < 4.78 is 0. The van der Waals surface area contributed by atoms with Crippen LogP contribution in [0, 0.1) is 0 Å². The lowest BCUT2D eigenvalue weighted by atomic mass is 10.1. The Balaban J connectivity index is 1.56. The Morgan fingerprint density at radius 1 is 1.04 bits per heavy atom. The number of rotatable bonds is 4. The molecule has 0 spiro atoms. The molecule has 0 radical (unpaired) electrons. The van der Waals surface area contributed by atoms with Gasteiger partial charge in [-0.1, -0.05) is 12.8 Å². The normalized spacial score (nSPS) is 24.5. The van der Waals surface area contributed by atoms with E-state index in [1.54, 1.807) is 0 Å². The zero-order valence-corrected chi connectivity index (χ0v) is 14.6. The van der Waals surface area contributed by atoms with Gasteiger partial charge in [0.25, 0.3) is 0 Å². The second-order valence-electron chi connectivity index (χ2n) is 7.30. The van der Waals surface area contributed by atoms with Gasteiger partial charge in [0.15, 0.2) is 0 Å². The van der Waals surface area contributed by atoms with Gasteiger partial charge in [0.2, 0.25) is 5.95 Å². The van der Waals surface area contributed by atoms with Crippen molar-refractivity contribution in [1.29, 1.82) is 0 Å². The lowest BCUT2D eigenvalue weighted by Crippen LogP contribution is -2.33. The Labute approximate surface area is 144 Å². The molecule has 0 aliphatic carbocycles. The summed E-state index contributed by atoms with van der Waals surface area (Å²) in [6.07, 6.45) is 8.79. The molecule has 2 fully saturated rings. The molecule has 0 saturated carbocycles. The highest BCUT2D eigenvalue weighted by molar-refractivity contribution is 5.53. The number of hydrogen-bond donors (Lipinski definition) is 3. The minimum Gasteiger partial charge on any atom is -0.356 e. The average molecular weight is 330 g/mol. The molecule has 0 aromatic carbocycles. The summed E-state index contributed by atoms with van der Waals surface area (Å²) in [5.74, 6) is 2.00. The van der Waals surface area contributed by atoms with E-state index < -0.39 is 0 Å². The monoisotopic (exact) mass is 330 g/mol. The van der Waals surface area contributed by atoms with Gasteiger partial charge in [-0.15, -0.1) is 0 Å². The maximum Gasteiger partial charge on any atom is 0.224 e. The molecule has 24 heavy (non-hydrogen) atoms. The number of nitrogens with one attached hydrogen (secondary N) is 3. The zero-order valence-electron chi connectivity index (χ0n) is 14.6. The maximum atomic E-state index is 4.95. The van der Waals surface area contributed by atoms with Crippen molar-refractivity contribution in [3.05, 3.63) is 11.3 Å². The summed E-state index contributed by atoms with van der Waals surface area (Å²) in [5, 5.41) is 10.5. The molecule has 1 unspecified atom stereocenters. The quantitative estimate of drug-likeness (QED) is 0.780. The molecule has 1 aromatic heterocycles. The fourth-order valence-electron chi connectivity index (χ4n) is 4.09. The van der Waals surface area contributed by atoms with Crippen LogP contribution in [-0.2, 0) is 13.0 Å². The summed E-state index contributed by atoms with van der Waals surface area (Å²) in [7, 11) is 0. The minimum absolute atomic E-state index is 0.563. The standard InChI is InChI=1S/C18H30N6/c1-2-4-11-24(10-3-1)17-15-13-19-9-7-16(15)22-18(23-17)21-12-14-6-5-8-20-14/h14,19-20H,1-13H2,(H,21,22,23). The first-order chi connectivity index (χ1) is 11.9. The van der Waals surface area contributed by atoms with Crippen molar-refractivity contribution >= 4 is 11.8 Å². The van der Waals surface area contributed by atoms with Crippen molar-refractivity contribution in [3.63, 3.8) is 0 Å². The molecule has 132 valence electrons. The summed E-state index contributed by atoms with van der Waals surface area (Å²) in [6.45, 7) is 6.26. The Hall–Kier alpha value is -1.40. The van der Waals surface area contributed by atoms with E-state index in [2.05, 4.69) is 20.9 Å². The number of hydrogen-bond acceptors (Lipinski definition) is 6. The lowest BCUT2D eigenvalue weighted by Gasteiger charge is -2.28. The topological polar surface area (TPSA) is 65.1 Å².